The van der Waals surface area contributed by atoms with E-state index in [4.69, 9.17) is 5.11 Å². The molecule has 0 unspecified atom stereocenters. The van der Waals surface area contributed by atoms with Crippen LogP contribution in [0, 0.1) is 6.92 Å². The largest absolute Gasteiger partial charge is 0.477 e. The topological polar surface area (TPSA) is 37.3 Å². The number of hydrogen-bond acceptors (Lipinski definition) is 2. The van der Waals surface area contributed by atoms with E-state index in [1.807, 2.05) is 51.1 Å². The summed E-state index contributed by atoms with van der Waals surface area (Å²) in [5.74, 6) is -0.856. The monoisotopic (exact) mass is 248 g/mol. The Balaban J connectivity index is 0.000000686. The van der Waals surface area contributed by atoms with Crippen LogP contribution >= 0.6 is 11.3 Å². The van der Waals surface area contributed by atoms with Crippen LogP contribution in [0.4, 0.5) is 0 Å². The fraction of sp³-hybridized carbons (Fsp3) is 0.214. The van der Waals surface area contributed by atoms with E-state index in [0.717, 1.165) is 16.0 Å². The number of benzene rings is 1. The number of rotatable bonds is 2. The molecule has 90 valence electrons. The number of carbonyl (C=O) groups is 1. The lowest BCUT2D eigenvalue weighted by molar-refractivity contribution is 0.0702. The first kappa shape index (κ1) is 13.5. The normalized spacial score (nSPS) is 9.35. The van der Waals surface area contributed by atoms with Crippen molar-refractivity contribution in [1.29, 1.82) is 0 Å². The van der Waals surface area contributed by atoms with Gasteiger partial charge in [-0.25, -0.2) is 4.79 Å². The van der Waals surface area contributed by atoms with E-state index in [1.165, 1.54) is 11.3 Å². The first-order chi connectivity index (χ1) is 8.18. The molecular formula is C14H16O2S. The maximum Gasteiger partial charge on any atom is 0.345 e. The smallest absolute Gasteiger partial charge is 0.345 e. The summed E-state index contributed by atoms with van der Waals surface area (Å²) < 4.78 is 0. The summed E-state index contributed by atoms with van der Waals surface area (Å²) in [6.45, 7) is 5.94. The molecule has 0 radical (unpaired) electrons. The van der Waals surface area contributed by atoms with E-state index in [9.17, 15) is 4.79 Å². The van der Waals surface area contributed by atoms with Crippen molar-refractivity contribution < 1.29 is 9.90 Å². The van der Waals surface area contributed by atoms with Crippen LogP contribution in [0.3, 0.4) is 0 Å². The molecule has 17 heavy (non-hydrogen) atoms. The number of carboxylic acid groups (broad SMARTS) is 1. The summed E-state index contributed by atoms with van der Waals surface area (Å²) in [5.41, 5.74) is 2.08. The SMILES string of the molecule is CC.Cc1sc(C(=O)O)cc1-c1ccccc1. The molecule has 1 aromatic carbocycles. The molecule has 0 atom stereocenters. The molecule has 0 aliphatic heterocycles. The van der Waals surface area contributed by atoms with Gasteiger partial charge in [-0.2, -0.15) is 0 Å². The van der Waals surface area contributed by atoms with Crippen molar-refractivity contribution >= 4 is 17.3 Å². The van der Waals surface area contributed by atoms with Crippen molar-refractivity contribution in [2.45, 2.75) is 20.8 Å². The molecule has 2 nitrogen and oxygen atoms in total. The predicted octanol–water partition coefficient (Wildman–Crippen LogP) is 4.45. The second kappa shape index (κ2) is 6.21. The standard InChI is InChI=1S/C12H10O2S.C2H6/c1-8-10(7-11(15-8)12(13)14)9-5-3-2-4-6-9;1-2/h2-7H,1H3,(H,13,14);1-2H3. The van der Waals surface area contributed by atoms with Crippen LogP contribution in [0.25, 0.3) is 11.1 Å². The maximum atomic E-state index is 10.8. The highest BCUT2D eigenvalue weighted by Crippen LogP contribution is 2.30. The molecule has 3 heteroatoms. The Hall–Kier alpha value is -1.61. The molecule has 0 aliphatic rings. The number of carboxylic acids is 1. The van der Waals surface area contributed by atoms with E-state index >= 15 is 0 Å². The number of hydrogen-bond donors (Lipinski definition) is 1. The minimum Gasteiger partial charge on any atom is -0.477 e. The second-order valence-corrected chi connectivity index (χ2v) is 4.51. The summed E-state index contributed by atoms with van der Waals surface area (Å²) in [6.07, 6.45) is 0. The van der Waals surface area contributed by atoms with Gasteiger partial charge in [0.2, 0.25) is 0 Å². The summed E-state index contributed by atoms with van der Waals surface area (Å²) in [6, 6.07) is 11.6. The van der Waals surface area contributed by atoms with Crippen LogP contribution in [0.5, 0.6) is 0 Å². The van der Waals surface area contributed by atoms with E-state index in [1.54, 1.807) is 6.07 Å². The fourth-order valence-corrected chi connectivity index (χ4v) is 2.37. The molecule has 2 rings (SSSR count). The van der Waals surface area contributed by atoms with Crippen molar-refractivity contribution in [2.24, 2.45) is 0 Å². The van der Waals surface area contributed by atoms with Gasteiger partial charge in [0.1, 0.15) is 4.88 Å². The van der Waals surface area contributed by atoms with Crippen molar-refractivity contribution in [3.63, 3.8) is 0 Å². The molecule has 1 heterocycles. The molecule has 0 amide bonds. The van der Waals surface area contributed by atoms with E-state index in [2.05, 4.69) is 0 Å². The third-order valence-electron chi connectivity index (χ3n) is 2.21. The van der Waals surface area contributed by atoms with Gasteiger partial charge in [0.25, 0.3) is 0 Å². The Morgan fingerprint density at radius 2 is 1.76 bits per heavy atom. The zero-order chi connectivity index (χ0) is 12.8. The lowest BCUT2D eigenvalue weighted by Gasteiger charge is -1.97. The Bertz CT molecular complexity index is 486. The number of aromatic carboxylic acids is 1. The van der Waals surface area contributed by atoms with E-state index in [-0.39, 0.29) is 0 Å². The quantitative estimate of drug-likeness (QED) is 0.852. The number of aryl methyl sites for hydroxylation is 1. The Morgan fingerprint density at radius 3 is 2.24 bits per heavy atom. The Kier molecular flexibility index (Phi) is 4.91. The zero-order valence-electron chi connectivity index (χ0n) is 10.2. The molecule has 0 saturated carbocycles. The first-order valence-electron chi connectivity index (χ1n) is 5.57. The minimum absolute atomic E-state index is 0.395. The lowest BCUT2D eigenvalue weighted by atomic mass is 10.1. The van der Waals surface area contributed by atoms with Gasteiger partial charge in [-0.3, -0.25) is 0 Å². The molecule has 0 bridgehead atoms. The maximum absolute atomic E-state index is 10.8. The molecule has 1 aromatic heterocycles. The minimum atomic E-state index is -0.856. The van der Waals surface area contributed by atoms with Crippen molar-refractivity contribution in [1.82, 2.24) is 0 Å². The van der Waals surface area contributed by atoms with Gasteiger partial charge < -0.3 is 5.11 Å². The van der Waals surface area contributed by atoms with Crippen LogP contribution in [-0.2, 0) is 0 Å². The van der Waals surface area contributed by atoms with Crippen molar-refractivity contribution in [3.8, 4) is 11.1 Å². The average molecular weight is 248 g/mol. The zero-order valence-corrected chi connectivity index (χ0v) is 11.0. The van der Waals surface area contributed by atoms with Gasteiger partial charge in [-0.05, 0) is 24.1 Å². The Labute approximate surface area is 106 Å². The van der Waals surface area contributed by atoms with Crippen LogP contribution in [0.1, 0.15) is 28.4 Å². The molecule has 0 spiro atoms. The summed E-state index contributed by atoms with van der Waals surface area (Å²) >= 11 is 1.32. The van der Waals surface area contributed by atoms with Crippen LogP contribution in [0.15, 0.2) is 36.4 Å². The van der Waals surface area contributed by atoms with Crippen molar-refractivity contribution in [2.75, 3.05) is 0 Å². The van der Waals surface area contributed by atoms with Crippen LogP contribution < -0.4 is 0 Å². The molecule has 0 aliphatic carbocycles. The van der Waals surface area contributed by atoms with Gasteiger partial charge in [0.05, 0.1) is 0 Å². The van der Waals surface area contributed by atoms with Crippen LogP contribution in [0.2, 0.25) is 0 Å². The summed E-state index contributed by atoms with van der Waals surface area (Å²) in [5, 5.41) is 8.88. The highest BCUT2D eigenvalue weighted by molar-refractivity contribution is 7.14. The van der Waals surface area contributed by atoms with Gasteiger partial charge >= 0.3 is 5.97 Å². The van der Waals surface area contributed by atoms with Gasteiger partial charge in [-0.1, -0.05) is 44.2 Å². The van der Waals surface area contributed by atoms with Crippen molar-refractivity contribution in [3.05, 3.63) is 46.2 Å². The molecular weight excluding hydrogens is 232 g/mol. The molecule has 0 fully saturated rings. The van der Waals surface area contributed by atoms with Gasteiger partial charge in [0.15, 0.2) is 0 Å². The van der Waals surface area contributed by atoms with E-state index in [0.29, 0.717) is 4.88 Å². The third kappa shape index (κ3) is 3.17. The van der Waals surface area contributed by atoms with Gasteiger partial charge in [-0.15, -0.1) is 11.3 Å². The highest BCUT2D eigenvalue weighted by Gasteiger charge is 2.11. The fourth-order valence-electron chi connectivity index (χ4n) is 1.49. The first-order valence-corrected chi connectivity index (χ1v) is 6.39. The summed E-state index contributed by atoms with van der Waals surface area (Å²) in [7, 11) is 0. The molecule has 0 saturated heterocycles. The third-order valence-corrected chi connectivity index (χ3v) is 3.25. The second-order valence-electron chi connectivity index (χ2n) is 3.25. The number of thiophene rings is 1. The average Bonchev–Trinajstić information content (AvgIpc) is 2.75. The van der Waals surface area contributed by atoms with Gasteiger partial charge in [0, 0.05) is 4.88 Å². The molecule has 2 aromatic rings. The predicted molar refractivity (Wildman–Crippen MR) is 72.8 cm³/mol. The Morgan fingerprint density at radius 1 is 1.18 bits per heavy atom. The lowest BCUT2D eigenvalue weighted by Crippen LogP contribution is -1.89. The van der Waals surface area contributed by atoms with E-state index < -0.39 is 5.97 Å². The summed E-state index contributed by atoms with van der Waals surface area (Å²) in [4.78, 5) is 12.2. The molecule has 1 N–H and O–H groups in total. The van der Waals surface area contributed by atoms with Crippen LogP contribution in [-0.4, -0.2) is 11.1 Å². The highest BCUT2D eigenvalue weighted by atomic mass is 32.1.